The van der Waals surface area contributed by atoms with Crippen LogP contribution in [0.4, 0.5) is 4.39 Å². The molecular formula is C14H17FN2O. The number of carbonyl (C=O) groups is 1. The molecule has 2 rings (SSSR count). The fourth-order valence-electron chi connectivity index (χ4n) is 1.97. The van der Waals surface area contributed by atoms with Crippen LogP contribution in [0.25, 0.3) is 6.08 Å². The molecule has 1 N–H and O–H groups in total. The molecular weight excluding hydrogens is 231 g/mol. The van der Waals surface area contributed by atoms with Crippen molar-refractivity contribution in [1.82, 2.24) is 10.4 Å². The third-order valence-corrected chi connectivity index (χ3v) is 2.94. The molecule has 0 aliphatic carbocycles. The van der Waals surface area contributed by atoms with Gasteiger partial charge in [0.2, 0.25) is 0 Å². The summed E-state index contributed by atoms with van der Waals surface area (Å²) in [7, 11) is 0. The summed E-state index contributed by atoms with van der Waals surface area (Å²) in [6.45, 7) is 1.78. The lowest BCUT2D eigenvalue weighted by Crippen LogP contribution is -2.44. The molecule has 1 amide bonds. The lowest BCUT2D eigenvalue weighted by atomic mass is 10.2. The van der Waals surface area contributed by atoms with Crippen molar-refractivity contribution in [1.29, 1.82) is 0 Å². The van der Waals surface area contributed by atoms with Gasteiger partial charge in [-0.3, -0.25) is 10.2 Å². The van der Waals surface area contributed by atoms with E-state index in [2.05, 4.69) is 5.43 Å². The Labute approximate surface area is 106 Å². The van der Waals surface area contributed by atoms with Crippen LogP contribution < -0.4 is 5.43 Å². The molecule has 0 aromatic heterocycles. The van der Waals surface area contributed by atoms with Crippen molar-refractivity contribution in [3.63, 3.8) is 0 Å². The first kappa shape index (κ1) is 12.8. The Morgan fingerprint density at radius 2 is 1.94 bits per heavy atom. The van der Waals surface area contributed by atoms with Crippen LogP contribution in [-0.2, 0) is 4.79 Å². The highest BCUT2D eigenvalue weighted by molar-refractivity contribution is 5.91. The van der Waals surface area contributed by atoms with Gasteiger partial charge in [-0.25, -0.2) is 9.40 Å². The van der Waals surface area contributed by atoms with Gasteiger partial charge in [-0.05, 0) is 25.0 Å². The quantitative estimate of drug-likeness (QED) is 0.833. The number of hydrazine groups is 1. The SMILES string of the molecule is O=C(/C=C/c1ccccc1F)NN1CCCCC1. The fraction of sp³-hybridized carbons (Fsp3) is 0.357. The summed E-state index contributed by atoms with van der Waals surface area (Å²) in [4.78, 5) is 11.6. The molecule has 1 saturated heterocycles. The lowest BCUT2D eigenvalue weighted by molar-refractivity contribution is -0.121. The molecule has 0 saturated carbocycles. The van der Waals surface area contributed by atoms with E-state index in [0.29, 0.717) is 5.56 Å². The molecule has 1 aliphatic heterocycles. The maximum atomic E-state index is 13.3. The third-order valence-electron chi connectivity index (χ3n) is 2.94. The highest BCUT2D eigenvalue weighted by Gasteiger charge is 2.10. The van der Waals surface area contributed by atoms with Crippen LogP contribution in [-0.4, -0.2) is 24.0 Å². The number of nitrogens with one attached hydrogen (secondary N) is 1. The molecule has 0 radical (unpaired) electrons. The van der Waals surface area contributed by atoms with E-state index in [-0.39, 0.29) is 11.7 Å². The van der Waals surface area contributed by atoms with Crippen LogP contribution in [0.3, 0.4) is 0 Å². The smallest absolute Gasteiger partial charge is 0.258 e. The van der Waals surface area contributed by atoms with Crippen molar-refractivity contribution >= 4 is 12.0 Å². The highest BCUT2D eigenvalue weighted by atomic mass is 19.1. The number of benzene rings is 1. The summed E-state index contributed by atoms with van der Waals surface area (Å²) in [5.74, 6) is -0.528. The van der Waals surface area contributed by atoms with Gasteiger partial charge < -0.3 is 0 Å². The first-order valence-electron chi connectivity index (χ1n) is 6.24. The zero-order chi connectivity index (χ0) is 12.8. The molecule has 0 unspecified atom stereocenters. The fourth-order valence-corrected chi connectivity index (χ4v) is 1.97. The monoisotopic (exact) mass is 248 g/mol. The molecule has 1 aliphatic rings. The molecule has 1 heterocycles. The Morgan fingerprint density at radius 3 is 2.67 bits per heavy atom. The van der Waals surface area contributed by atoms with E-state index in [1.165, 1.54) is 24.6 Å². The number of rotatable bonds is 3. The van der Waals surface area contributed by atoms with E-state index in [1.54, 1.807) is 18.2 Å². The normalized spacial score (nSPS) is 16.9. The van der Waals surface area contributed by atoms with Crippen LogP contribution in [0.2, 0.25) is 0 Å². The molecule has 0 atom stereocenters. The molecule has 4 heteroatoms. The lowest BCUT2D eigenvalue weighted by Gasteiger charge is -2.26. The minimum absolute atomic E-state index is 0.208. The zero-order valence-corrected chi connectivity index (χ0v) is 10.2. The number of hydrogen-bond donors (Lipinski definition) is 1. The number of carbonyl (C=O) groups excluding carboxylic acids is 1. The maximum Gasteiger partial charge on any atom is 0.258 e. The van der Waals surface area contributed by atoms with Crippen LogP contribution in [0.5, 0.6) is 0 Å². The third kappa shape index (κ3) is 3.67. The molecule has 0 bridgehead atoms. The Kier molecular flexibility index (Phi) is 4.47. The summed E-state index contributed by atoms with van der Waals surface area (Å²) >= 11 is 0. The summed E-state index contributed by atoms with van der Waals surface area (Å²) in [5.41, 5.74) is 3.22. The van der Waals surface area contributed by atoms with Crippen LogP contribution in [0, 0.1) is 5.82 Å². The van der Waals surface area contributed by atoms with Crippen molar-refractivity contribution in [2.75, 3.05) is 13.1 Å². The topological polar surface area (TPSA) is 32.3 Å². The van der Waals surface area contributed by atoms with Gasteiger partial charge in [0.05, 0.1) is 0 Å². The highest BCUT2D eigenvalue weighted by Crippen LogP contribution is 2.08. The second-order valence-electron chi connectivity index (χ2n) is 4.38. The van der Waals surface area contributed by atoms with Gasteiger partial charge in [-0.2, -0.15) is 0 Å². The Bertz CT molecular complexity index is 439. The van der Waals surface area contributed by atoms with Crippen molar-refractivity contribution in [2.24, 2.45) is 0 Å². The first-order chi connectivity index (χ1) is 8.75. The average molecular weight is 248 g/mol. The molecule has 1 aromatic carbocycles. The van der Waals surface area contributed by atoms with E-state index in [9.17, 15) is 9.18 Å². The molecule has 3 nitrogen and oxygen atoms in total. The molecule has 96 valence electrons. The van der Waals surface area contributed by atoms with Crippen molar-refractivity contribution < 1.29 is 9.18 Å². The van der Waals surface area contributed by atoms with E-state index in [4.69, 9.17) is 0 Å². The molecule has 1 aromatic rings. The summed E-state index contributed by atoms with van der Waals surface area (Å²) in [6, 6.07) is 6.38. The standard InChI is InChI=1S/C14H17FN2O/c15-13-7-3-2-6-12(13)8-9-14(18)16-17-10-4-1-5-11-17/h2-3,6-9H,1,4-5,10-11H2,(H,16,18)/b9-8+. The Balaban J connectivity index is 1.88. The number of halogens is 1. The number of nitrogens with zero attached hydrogens (tertiary/aromatic N) is 1. The van der Waals surface area contributed by atoms with Crippen molar-refractivity contribution in [2.45, 2.75) is 19.3 Å². The summed E-state index contributed by atoms with van der Waals surface area (Å²) in [6.07, 6.45) is 6.30. The van der Waals surface area contributed by atoms with E-state index in [0.717, 1.165) is 25.9 Å². The molecule has 0 spiro atoms. The van der Waals surface area contributed by atoms with Gasteiger partial charge in [0, 0.05) is 24.7 Å². The number of piperidine rings is 1. The number of amides is 1. The summed E-state index contributed by atoms with van der Waals surface area (Å²) < 4.78 is 13.3. The summed E-state index contributed by atoms with van der Waals surface area (Å²) in [5, 5.41) is 1.91. The predicted molar refractivity (Wildman–Crippen MR) is 69.0 cm³/mol. The molecule has 18 heavy (non-hydrogen) atoms. The van der Waals surface area contributed by atoms with Crippen molar-refractivity contribution in [3.05, 3.63) is 41.7 Å². The minimum Gasteiger partial charge on any atom is -0.285 e. The second kappa shape index (κ2) is 6.31. The van der Waals surface area contributed by atoms with E-state index >= 15 is 0 Å². The average Bonchev–Trinajstić information content (AvgIpc) is 2.39. The predicted octanol–water partition coefficient (Wildman–Crippen LogP) is 2.36. The van der Waals surface area contributed by atoms with Gasteiger partial charge in [0.1, 0.15) is 5.82 Å². The van der Waals surface area contributed by atoms with E-state index < -0.39 is 0 Å². The Morgan fingerprint density at radius 1 is 1.22 bits per heavy atom. The Hall–Kier alpha value is -1.68. The van der Waals surface area contributed by atoms with E-state index in [1.807, 2.05) is 5.01 Å². The van der Waals surface area contributed by atoms with Crippen LogP contribution in [0.1, 0.15) is 24.8 Å². The van der Waals surface area contributed by atoms with Gasteiger partial charge in [-0.1, -0.05) is 24.6 Å². The first-order valence-corrected chi connectivity index (χ1v) is 6.24. The van der Waals surface area contributed by atoms with Crippen LogP contribution >= 0.6 is 0 Å². The largest absolute Gasteiger partial charge is 0.285 e. The zero-order valence-electron chi connectivity index (χ0n) is 10.2. The maximum absolute atomic E-state index is 13.3. The van der Waals surface area contributed by atoms with Crippen molar-refractivity contribution in [3.8, 4) is 0 Å². The van der Waals surface area contributed by atoms with Crippen LogP contribution in [0.15, 0.2) is 30.3 Å². The second-order valence-corrected chi connectivity index (χ2v) is 4.38. The molecule has 1 fully saturated rings. The van der Waals surface area contributed by atoms with Gasteiger partial charge in [0.25, 0.3) is 5.91 Å². The van der Waals surface area contributed by atoms with Gasteiger partial charge in [-0.15, -0.1) is 0 Å². The van der Waals surface area contributed by atoms with Gasteiger partial charge in [0.15, 0.2) is 0 Å². The van der Waals surface area contributed by atoms with Gasteiger partial charge >= 0.3 is 0 Å². The minimum atomic E-state index is -0.320. The number of hydrogen-bond acceptors (Lipinski definition) is 2.